The summed E-state index contributed by atoms with van der Waals surface area (Å²) in [6, 6.07) is 0.129. The van der Waals surface area contributed by atoms with Crippen LogP contribution in [0.5, 0.6) is 5.75 Å². The number of aliphatic hydroxyl groups excluding tert-OH is 2. The summed E-state index contributed by atoms with van der Waals surface area (Å²) in [5, 5.41) is 44.6. The number of nitrogens with zero attached hydrogens (tertiary/aromatic N) is 2. The van der Waals surface area contributed by atoms with Crippen molar-refractivity contribution < 1.29 is 39.2 Å². The summed E-state index contributed by atoms with van der Waals surface area (Å²) in [5.41, 5.74) is 1.42. The fourth-order valence-corrected chi connectivity index (χ4v) is 6.93. The molecule has 0 aromatic heterocycles. The number of piperidine rings is 1. The number of likely N-dealkylation sites (tertiary alicyclic amines) is 1. The number of amides is 1. The van der Waals surface area contributed by atoms with E-state index < -0.39 is 69.6 Å². The van der Waals surface area contributed by atoms with E-state index in [4.69, 9.17) is 5.73 Å². The number of phenolic OH excluding ortho intramolecular Hbond substituents is 1. The number of ketones is 2. The first-order valence-corrected chi connectivity index (χ1v) is 13.2. The molecule has 0 saturated carbocycles. The Labute approximate surface area is 225 Å². The Kier molecular flexibility index (Phi) is 6.60. The summed E-state index contributed by atoms with van der Waals surface area (Å²) in [4.78, 5) is 42.6. The number of carbonyl (C=O) groups excluding carboxylic acids is 3. The van der Waals surface area contributed by atoms with E-state index in [9.17, 15) is 34.8 Å². The van der Waals surface area contributed by atoms with E-state index >= 15 is 4.39 Å². The van der Waals surface area contributed by atoms with Crippen LogP contribution in [-0.2, 0) is 22.6 Å². The van der Waals surface area contributed by atoms with Crippen molar-refractivity contribution in [3.63, 3.8) is 0 Å². The van der Waals surface area contributed by atoms with Crippen LogP contribution in [0.4, 0.5) is 4.39 Å². The van der Waals surface area contributed by atoms with Crippen LogP contribution in [0.2, 0.25) is 0 Å². The number of carbonyl (C=O) groups is 3. The molecule has 1 fully saturated rings. The van der Waals surface area contributed by atoms with Crippen molar-refractivity contribution in [1.82, 2.24) is 9.80 Å². The number of Topliss-reactive ketones (excluding diaryl/α,β-unsaturated/α-hetero) is 2. The van der Waals surface area contributed by atoms with E-state index in [1.807, 2.05) is 0 Å². The van der Waals surface area contributed by atoms with Gasteiger partial charge in [0.05, 0.1) is 11.6 Å². The quantitative estimate of drug-likeness (QED) is 0.354. The molecule has 0 unspecified atom stereocenters. The highest BCUT2D eigenvalue weighted by Crippen LogP contribution is 2.52. The third kappa shape index (κ3) is 3.97. The first-order valence-electron chi connectivity index (χ1n) is 13.2. The SMILES string of the molecule is CC1CCN(Cc2cc(O)c3c(c2F)C[C@H]2C[C@H]4[C@H](N(C)C)C(O)=C(C(N)=O)C(=O)[C@@]4(O)C(O)=C2C3=O)CC1. The van der Waals surface area contributed by atoms with Gasteiger partial charge in [-0.1, -0.05) is 6.92 Å². The average molecular weight is 544 g/mol. The molecule has 39 heavy (non-hydrogen) atoms. The second kappa shape index (κ2) is 9.42. The topological polar surface area (TPSA) is 165 Å². The third-order valence-corrected chi connectivity index (χ3v) is 9.00. The molecular weight excluding hydrogens is 509 g/mol. The molecule has 1 aliphatic heterocycles. The Bertz CT molecular complexity index is 1340. The number of likely N-dealkylation sites (N-methyl/N-ethyl adjacent to an activating group) is 1. The number of fused-ring (bicyclic) bond motifs is 3. The molecule has 210 valence electrons. The monoisotopic (exact) mass is 543 g/mol. The van der Waals surface area contributed by atoms with Gasteiger partial charge in [-0.05, 0) is 70.8 Å². The van der Waals surface area contributed by atoms with E-state index in [-0.39, 0.29) is 41.6 Å². The molecule has 1 heterocycles. The summed E-state index contributed by atoms with van der Waals surface area (Å²) in [6.45, 7) is 4.04. The normalized spacial score (nSPS) is 29.9. The van der Waals surface area contributed by atoms with Gasteiger partial charge in [0.2, 0.25) is 5.78 Å². The van der Waals surface area contributed by atoms with Gasteiger partial charge >= 0.3 is 0 Å². The highest BCUT2D eigenvalue weighted by atomic mass is 19.1. The van der Waals surface area contributed by atoms with Crippen LogP contribution < -0.4 is 5.73 Å². The molecule has 1 aromatic rings. The van der Waals surface area contributed by atoms with Crippen LogP contribution >= 0.6 is 0 Å². The third-order valence-electron chi connectivity index (χ3n) is 9.00. The molecule has 0 spiro atoms. The van der Waals surface area contributed by atoms with Crippen molar-refractivity contribution in [1.29, 1.82) is 0 Å². The van der Waals surface area contributed by atoms with Crippen LogP contribution in [0.25, 0.3) is 0 Å². The molecule has 1 amide bonds. The predicted octanol–water partition coefficient (Wildman–Crippen LogP) is 1.49. The Morgan fingerprint density at radius 2 is 1.85 bits per heavy atom. The number of phenols is 1. The fourth-order valence-electron chi connectivity index (χ4n) is 6.93. The number of hydrogen-bond donors (Lipinski definition) is 5. The van der Waals surface area contributed by atoms with Gasteiger partial charge in [0.25, 0.3) is 5.91 Å². The van der Waals surface area contributed by atoms with Crippen LogP contribution in [0.3, 0.4) is 0 Å². The molecule has 5 rings (SSSR count). The lowest BCUT2D eigenvalue weighted by atomic mass is 9.58. The van der Waals surface area contributed by atoms with Crippen molar-refractivity contribution in [2.75, 3.05) is 27.2 Å². The number of hydrogen-bond acceptors (Lipinski definition) is 9. The highest BCUT2D eigenvalue weighted by molar-refractivity contribution is 6.24. The lowest BCUT2D eigenvalue weighted by Crippen LogP contribution is -2.63. The molecule has 0 radical (unpaired) electrons. The number of nitrogens with two attached hydrogens (primary N) is 1. The lowest BCUT2D eigenvalue weighted by Gasteiger charge is -2.50. The van der Waals surface area contributed by atoms with E-state index in [2.05, 4.69) is 11.8 Å². The minimum absolute atomic E-state index is 0.0218. The summed E-state index contributed by atoms with van der Waals surface area (Å²) in [5.74, 6) is -7.51. The maximum atomic E-state index is 15.9. The smallest absolute Gasteiger partial charge is 0.255 e. The molecule has 4 aliphatic rings. The molecule has 3 aliphatic carbocycles. The van der Waals surface area contributed by atoms with Gasteiger partial charge in [-0.3, -0.25) is 24.2 Å². The van der Waals surface area contributed by atoms with Gasteiger partial charge in [0.1, 0.15) is 28.7 Å². The Hall–Kier alpha value is -3.28. The molecule has 10 nitrogen and oxygen atoms in total. The maximum Gasteiger partial charge on any atom is 0.255 e. The molecule has 6 N–H and O–H groups in total. The first-order chi connectivity index (χ1) is 18.3. The molecule has 11 heteroatoms. The number of halogens is 1. The van der Waals surface area contributed by atoms with Crippen LogP contribution in [-0.4, -0.2) is 86.5 Å². The standard InChI is InChI=1S/C28H34FN3O7/c1-12-4-6-32(7-5-12)11-14-10-17(33)19-15(21(14)29)8-13-9-16-22(31(2)3)24(35)20(27(30)38)26(37)28(16,39)25(36)18(13)23(19)34/h10,12-13,16,22,33,35-36,39H,4-9,11H2,1-3H3,(H2,30,38)/t13-,16-,22-,28-/m0/s1. The predicted molar refractivity (Wildman–Crippen MR) is 137 cm³/mol. The van der Waals surface area contributed by atoms with E-state index in [0.717, 1.165) is 25.9 Å². The van der Waals surface area contributed by atoms with E-state index in [0.29, 0.717) is 5.92 Å². The maximum absolute atomic E-state index is 15.9. The number of aliphatic hydroxyl groups is 3. The van der Waals surface area contributed by atoms with Crippen molar-refractivity contribution in [2.45, 2.75) is 50.8 Å². The second-order valence-corrected chi connectivity index (χ2v) is 11.6. The van der Waals surface area contributed by atoms with Gasteiger partial charge in [-0.15, -0.1) is 0 Å². The van der Waals surface area contributed by atoms with E-state index in [1.54, 1.807) is 14.1 Å². The summed E-state index contributed by atoms with van der Waals surface area (Å²) in [6.07, 6.45) is 1.82. The number of allylic oxidation sites excluding steroid dienone is 1. The zero-order valence-electron chi connectivity index (χ0n) is 22.2. The molecular formula is C28H34FN3O7. The number of primary amides is 1. The van der Waals surface area contributed by atoms with Crippen molar-refractivity contribution in [2.24, 2.45) is 23.5 Å². The minimum Gasteiger partial charge on any atom is -0.510 e. The van der Waals surface area contributed by atoms with Crippen LogP contribution in [0.15, 0.2) is 28.7 Å². The fraction of sp³-hybridized carbons (Fsp3) is 0.536. The molecule has 1 saturated heterocycles. The Morgan fingerprint density at radius 1 is 1.21 bits per heavy atom. The molecule has 0 bridgehead atoms. The van der Waals surface area contributed by atoms with Crippen LogP contribution in [0, 0.1) is 23.6 Å². The summed E-state index contributed by atoms with van der Waals surface area (Å²) < 4.78 is 15.9. The lowest BCUT2D eigenvalue weighted by molar-refractivity contribution is -0.148. The van der Waals surface area contributed by atoms with Crippen molar-refractivity contribution in [3.8, 4) is 5.75 Å². The van der Waals surface area contributed by atoms with Gasteiger partial charge in [-0.25, -0.2) is 4.39 Å². The summed E-state index contributed by atoms with van der Waals surface area (Å²) >= 11 is 0. The first kappa shape index (κ1) is 27.3. The minimum atomic E-state index is -2.72. The van der Waals surface area contributed by atoms with Crippen molar-refractivity contribution in [3.05, 3.63) is 51.2 Å². The Balaban J connectivity index is 1.60. The zero-order chi connectivity index (χ0) is 28.5. The second-order valence-electron chi connectivity index (χ2n) is 11.6. The molecule has 1 aromatic carbocycles. The van der Waals surface area contributed by atoms with Crippen molar-refractivity contribution >= 4 is 17.5 Å². The summed E-state index contributed by atoms with van der Waals surface area (Å²) in [7, 11) is 3.11. The van der Waals surface area contributed by atoms with Gasteiger partial charge in [0.15, 0.2) is 11.4 Å². The van der Waals surface area contributed by atoms with Gasteiger partial charge < -0.3 is 26.2 Å². The largest absolute Gasteiger partial charge is 0.510 e. The number of benzene rings is 1. The van der Waals surface area contributed by atoms with Gasteiger partial charge in [-0.2, -0.15) is 0 Å². The zero-order valence-corrected chi connectivity index (χ0v) is 22.2. The van der Waals surface area contributed by atoms with E-state index in [1.165, 1.54) is 11.0 Å². The van der Waals surface area contributed by atoms with Crippen LogP contribution in [0.1, 0.15) is 47.7 Å². The number of rotatable bonds is 4. The average Bonchev–Trinajstić information content (AvgIpc) is 2.85. The highest BCUT2D eigenvalue weighted by Gasteiger charge is 2.63. The van der Waals surface area contributed by atoms with Gasteiger partial charge in [0, 0.05) is 29.2 Å². The molecule has 4 atom stereocenters. The number of aromatic hydroxyl groups is 1. The Morgan fingerprint density at radius 3 is 2.44 bits per heavy atom.